The van der Waals surface area contributed by atoms with Gasteiger partial charge in [-0.15, -0.1) is 0 Å². The number of nitrogens with one attached hydrogen (secondary N) is 2. The molecule has 0 amide bonds. The van der Waals surface area contributed by atoms with Crippen molar-refractivity contribution in [2.45, 2.75) is 108 Å². The Morgan fingerprint density at radius 3 is 2.10 bits per heavy atom. The van der Waals surface area contributed by atoms with Gasteiger partial charge in [0, 0.05) is 33.9 Å². The molecule has 0 saturated heterocycles. The Morgan fingerprint density at radius 1 is 0.900 bits per heavy atom. The lowest BCUT2D eigenvalue weighted by molar-refractivity contribution is 0.132. The largest absolute Gasteiger partial charge is 0.310 e. The van der Waals surface area contributed by atoms with Crippen LogP contribution < -0.4 is 10.6 Å². The summed E-state index contributed by atoms with van der Waals surface area (Å²) < 4.78 is 0. The van der Waals surface area contributed by atoms with Crippen molar-refractivity contribution in [3.05, 3.63) is 0 Å². The molecule has 2 unspecified atom stereocenters. The van der Waals surface area contributed by atoms with E-state index in [1.807, 2.05) is 0 Å². The number of hydrogen-bond donors (Lipinski definition) is 2. The van der Waals surface area contributed by atoms with Crippen LogP contribution in [0.15, 0.2) is 0 Å². The first-order valence-corrected chi connectivity index (χ1v) is 9.93. The topological polar surface area (TPSA) is 24.1 Å². The molecule has 0 heterocycles. The maximum absolute atomic E-state index is 4.09. The first-order valence-electron chi connectivity index (χ1n) is 8.93. The minimum absolute atomic E-state index is 0.373. The van der Waals surface area contributed by atoms with Crippen molar-refractivity contribution in [2.24, 2.45) is 0 Å². The summed E-state index contributed by atoms with van der Waals surface area (Å²) in [5, 5.41) is 8.62. The van der Waals surface area contributed by atoms with Gasteiger partial charge in [0.15, 0.2) is 0 Å². The molecule has 2 saturated carbocycles. The van der Waals surface area contributed by atoms with Crippen LogP contribution >= 0.6 is 0 Å². The maximum Gasteiger partial charge on any atom is 0.0360 e. The molecule has 2 atom stereocenters. The lowest BCUT2D eigenvalue weighted by Gasteiger charge is -2.54. The Labute approximate surface area is 129 Å². The zero-order valence-electron chi connectivity index (χ0n) is 14.4. The second-order valence-corrected chi connectivity index (χ2v) is 10.1. The summed E-state index contributed by atoms with van der Waals surface area (Å²) in [5.74, 6) is 0. The van der Waals surface area contributed by atoms with Crippen LogP contribution in [0.4, 0.5) is 0 Å². The smallest absolute Gasteiger partial charge is 0.0360 e. The molecule has 0 aromatic heterocycles. The molecule has 0 aromatic rings. The monoisotopic (exact) mass is 296 g/mol. The van der Waals surface area contributed by atoms with Crippen molar-refractivity contribution < 1.29 is 0 Å². The maximum atomic E-state index is 4.09. The van der Waals surface area contributed by atoms with Gasteiger partial charge in [-0.05, 0) is 37.1 Å². The summed E-state index contributed by atoms with van der Waals surface area (Å²) >= 11 is 0. The van der Waals surface area contributed by atoms with E-state index < -0.39 is 0 Å². The van der Waals surface area contributed by atoms with Gasteiger partial charge in [0.2, 0.25) is 0 Å². The fourth-order valence-electron chi connectivity index (χ4n) is 5.00. The highest BCUT2D eigenvalue weighted by molar-refractivity contribution is 6.16. The van der Waals surface area contributed by atoms with Gasteiger partial charge in [-0.1, -0.05) is 47.0 Å². The molecule has 2 aliphatic rings. The van der Waals surface area contributed by atoms with E-state index in [-0.39, 0.29) is 0 Å². The SMILES string of the molecule is CC(C)NC1CCCC1(NC(C)C)C1([SiH3])CCCCC1. The molecule has 2 N–H and O–H groups in total. The molecular weight excluding hydrogens is 260 g/mol. The molecule has 2 nitrogen and oxygen atoms in total. The third-order valence-electron chi connectivity index (χ3n) is 5.77. The van der Waals surface area contributed by atoms with Gasteiger partial charge in [0.25, 0.3) is 0 Å². The average molecular weight is 297 g/mol. The summed E-state index contributed by atoms with van der Waals surface area (Å²) in [6.45, 7) is 9.28. The van der Waals surface area contributed by atoms with E-state index in [4.69, 9.17) is 0 Å². The van der Waals surface area contributed by atoms with Crippen molar-refractivity contribution in [3.8, 4) is 0 Å². The van der Waals surface area contributed by atoms with Crippen LogP contribution in [0.5, 0.6) is 0 Å². The third-order valence-corrected chi connectivity index (χ3v) is 7.67. The van der Waals surface area contributed by atoms with Gasteiger partial charge in [0.05, 0.1) is 0 Å². The van der Waals surface area contributed by atoms with E-state index in [2.05, 4.69) is 38.3 Å². The van der Waals surface area contributed by atoms with Crippen LogP contribution in [0.25, 0.3) is 0 Å². The highest BCUT2D eigenvalue weighted by Gasteiger charge is 2.54. The zero-order chi connectivity index (χ0) is 14.8. The Balaban J connectivity index is 2.28. The van der Waals surface area contributed by atoms with Gasteiger partial charge in [-0.25, -0.2) is 0 Å². The van der Waals surface area contributed by atoms with E-state index in [1.165, 1.54) is 61.6 Å². The molecule has 3 heteroatoms. The van der Waals surface area contributed by atoms with Crippen LogP contribution in [0.1, 0.15) is 79.1 Å². The van der Waals surface area contributed by atoms with Gasteiger partial charge in [-0.3, -0.25) is 0 Å². The third kappa shape index (κ3) is 3.15. The van der Waals surface area contributed by atoms with Crippen LogP contribution in [0.2, 0.25) is 5.04 Å². The molecule has 0 radical (unpaired) electrons. The number of rotatable bonds is 5. The van der Waals surface area contributed by atoms with Crippen molar-refractivity contribution in [1.82, 2.24) is 10.6 Å². The van der Waals surface area contributed by atoms with Gasteiger partial charge in [-0.2, -0.15) is 0 Å². The first kappa shape index (κ1) is 16.5. The molecule has 0 bridgehead atoms. The molecule has 0 spiro atoms. The van der Waals surface area contributed by atoms with Crippen LogP contribution in [0.3, 0.4) is 0 Å². The van der Waals surface area contributed by atoms with E-state index in [0.717, 1.165) is 0 Å². The molecule has 2 aliphatic carbocycles. The van der Waals surface area contributed by atoms with Gasteiger partial charge >= 0.3 is 0 Å². The molecule has 0 aromatic carbocycles. The predicted molar refractivity (Wildman–Crippen MR) is 92.6 cm³/mol. The van der Waals surface area contributed by atoms with Gasteiger partial charge < -0.3 is 10.6 Å². The van der Waals surface area contributed by atoms with E-state index in [0.29, 0.717) is 28.7 Å². The Kier molecular flexibility index (Phi) is 5.36. The lowest BCUT2D eigenvalue weighted by atomic mass is 9.70. The summed E-state index contributed by atoms with van der Waals surface area (Å²) in [6, 6.07) is 1.87. The highest BCUT2D eigenvalue weighted by atomic mass is 28.1. The van der Waals surface area contributed by atoms with Crippen LogP contribution in [-0.4, -0.2) is 33.9 Å². The molecule has 20 heavy (non-hydrogen) atoms. The second kappa shape index (κ2) is 6.49. The van der Waals surface area contributed by atoms with Crippen molar-refractivity contribution >= 4 is 10.2 Å². The zero-order valence-corrected chi connectivity index (χ0v) is 16.4. The van der Waals surface area contributed by atoms with Crippen molar-refractivity contribution in [2.75, 3.05) is 0 Å². The first-order chi connectivity index (χ1) is 9.40. The van der Waals surface area contributed by atoms with Gasteiger partial charge in [0.1, 0.15) is 0 Å². The minimum Gasteiger partial charge on any atom is -0.310 e. The quantitative estimate of drug-likeness (QED) is 0.762. The normalized spacial score (nSPS) is 34.2. The molecule has 2 fully saturated rings. The second-order valence-electron chi connectivity index (χ2n) is 8.16. The van der Waals surface area contributed by atoms with E-state index in [9.17, 15) is 0 Å². The Morgan fingerprint density at radius 2 is 1.55 bits per heavy atom. The van der Waals surface area contributed by atoms with Crippen molar-refractivity contribution in [1.29, 1.82) is 0 Å². The standard InChI is InChI=1S/C17H36N2Si/c1-13(2)18-15-9-8-12-17(15,19-14(3)4)16(20)10-6-5-7-11-16/h13-15,18-19H,5-12H2,1-4,20H3. The van der Waals surface area contributed by atoms with E-state index in [1.54, 1.807) is 0 Å². The van der Waals surface area contributed by atoms with Crippen LogP contribution in [0, 0.1) is 0 Å². The molecular formula is C17H36N2Si. The minimum atomic E-state index is 0.373. The summed E-state index contributed by atoms with van der Waals surface area (Å²) in [7, 11) is 1.34. The summed E-state index contributed by atoms with van der Waals surface area (Å²) in [6.07, 6.45) is 11.5. The Bertz CT molecular complexity index is 310. The highest BCUT2D eigenvalue weighted by Crippen LogP contribution is 2.55. The predicted octanol–water partition coefficient (Wildman–Crippen LogP) is 2.76. The molecule has 118 valence electrons. The van der Waals surface area contributed by atoms with Crippen molar-refractivity contribution in [3.63, 3.8) is 0 Å². The summed E-state index contributed by atoms with van der Waals surface area (Å²) in [4.78, 5) is 0. The van der Waals surface area contributed by atoms with Crippen LogP contribution in [-0.2, 0) is 0 Å². The van der Waals surface area contributed by atoms with E-state index >= 15 is 0 Å². The Hall–Kier alpha value is 0.137. The fourth-order valence-corrected chi connectivity index (χ4v) is 6.45. The number of hydrogen-bond acceptors (Lipinski definition) is 2. The fraction of sp³-hybridized carbons (Fsp3) is 1.00. The molecule has 0 aliphatic heterocycles. The molecule has 2 rings (SSSR count). The average Bonchev–Trinajstić information content (AvgIpc) is 2.73. The lowest BCUT2D eigenvalue weighted by Crippen LogP contribution is -2.66. The summed E-state index contributed by atoms with van der Waals surface area (Å²) in [5.41, 5.74) is 0.373.